The van der Waals surface area contributed by atoms with Crippen molar-refractivity contribution in [2.45, 2.75) is 31.7 Å². The Morgan fingerprint density at radius 1 is 1.47 bits per heavy atom. The van der Waals surface area contributed by atoms with Crippen LogP contribution >= 0.6 is 0 Å². The third kappa shape index (κ3) is 3.60. The highest BCUT2D eigenvalue weighted by Crippen LogP contribution is 2.07. The summed E-state index contributed by atoms with van der Waals surface area (Å²) in [5.74, 6) is 0.951. The highest BCUT2D eigenvalue weighted by molar-refractivity contribution is 4.81. The van der Waals surface area contributed by atoms with Crippen LogP contribution in [0.4, 0.5) is 0 Å². The van der Waals surface area contributed by atoms with E-state index in [4.69, 9.17) is 4.74 Å². The molecule has 1 aliphatic heterocycles. The van der Waals surface area contributed by atoms with E-state index in [0.29, 0.717) is 6.04 Å². The molecule has 5 heteroatoms. The Bertz CT molecular complexity index is 254. The van der Waals surface area contributed by atoms with Gasteiger partial charge in [-0.05, 0) is 19.3 Å². The van der Waals surface area contributed by atoms with Crippen molar-refractivity contribution < 1.29 is 4.74 Å². The van der Waals surface area contributed by atoms with Gasteiger partial charge in [-0.15, -0.1) is 0 Å². The van der Waals surface area contributed by atoms with Crippen LogP contribution in [0.2, 0.25) is 0 Å². The minimum Gasteiger partial charge on any atom is -0.381 e. The van der Waals surface area contributed by atoms with Crippen LogP contribution in [0.15, 0.2) is 6.33 Å². The van der Waals surface area contributed by atoms with Crippen molar-refractivity contribution >= 4 is 0 Å². The zero-order valence-electron chi connectivity index (χ0n) is 8.91. The molecule has 5 nitrogen and oxygen atoms in total. The van der Waals surface area contributed by atoms with E-state index in [0.717, 1.165) is 38.4 Å². The summed E-state index contributed by atoms with van der Waals surface area (Å²) in [6, 6.07) is 0.607. The van der Waals surface area contributed by atoms with Crippen LogP contribution in [0.1, 0.15) is 25.1 Å². The Labute approximate surface area is 89.6 Å². The van der Waals surface area contributed by atoms with Gasteiger partial charge in [0.15, 0.2) is 0 Å². The highest BCUT2D eigenvalue weighted by atomic mass is 16.5. The number of hydrogen-bond acceptors (Lipinski definition) is 4. The second kappa shape index (κ2) is 5.82. The Morgan fingerprint density at radius 3 is 3.33 bits per heavy atom. The van der Waals surface area contributed by atoms with Gasteiger partial charge in [-0.1, -0.05) is 0 Å². The molecule has 1 unspecified atom stereocenters. The van der Waals surface area contributed by atoms with Crippen LogP contribution in [-0.2, 0) is 11.2 Å². The van der Waals surface area contributed by atoms with Crippen molar-refractivity contribution in [3.05, 3.63) is 12.2 Å². The number of H-pyrrole nitrogens is 1. The van der Waals surface area contributed by atoms with Gasteiger partial charge in [-0.25, -0.2) is 4.98 Å². The molecule has 0 spiro atoms. The van der Waals surface area contributed by atoms with Crippen molar-refractivity contribution in [1.29, 1.82) is 0 Å². The SMILES string of the molecule is c1n[nH]c(CCNC2CCCOCC2)n1. The predicted octanol–water partition coefficient (Wildman–Crippen LogP) is 0.506. The van der Waals surface area contributed by atoms with E-state index >= 15 is 0 Å². The lowest BCUT2D eigenvalue weighted by atomic mass is 10.1. The third-order valence-electron chi connectivity index (χ3n) is 2.71. The van der Waals surface area contributed by atoms with Gasteiger partial charge in [0.2, 0.25) is 0 Å². The van der Waals surface area contributed by atoms with Crippen molar-refractivity contribution in [2.24, 2.45) is 0 Å². The van der Waals surface area contributed by atoms with E-state index in [-0.39, 0.29) is 0 Å². The molecule has 1 aliphatic rings. The molecule has 2 heterocycles. The summed E-state index contributed by atoms with van der Waals surface area (Å²) < 4.78 is 5.41. The lowest BCUT2D eigenvalue weighted by Crippen LogP contribution is -2.31. The quantitative estimate of drug-likeness (QED) is 0.760. The zero-order valence-corrected chi connectivity index (χ0v) is 8.91. The van der Waals surface area contributed by atoms with Gasteiger partial charge < -0.3 is 10.1 Å². The number of nitrogens with zero attached hydrogens (tertiary/aromatic N) is 2. The van der Waals surface area contributed by atoms with Gasteiger partial charge in [-0.2, -0.15) is 5.10 Å². The molecule has 1 aromatic rings. The molecular formula is C10H18N4O. The first-order valence-corrected chi connectivity index (χ1v) is 5.60. The minimum atomic E-state index is 0.607. The standard InChI is InChI=1S/C10H18N4O/c1-2-9(4-7-15-6-1)11-5-3-10-12-8-13-14-10/h8-9,11H,1-7H2,(H,12,13,14). The molecule has 2 N–H and O–H groups in total. The smallest absolute Gasteiger partial charge is 0.137 e. The van der Waals surface area contributed by atoms with Crippen LogP contribution in [0.5, 0.6) is 0 Å². The molecule has 0 aromatic carbocycles. The maximum Gasteiger partial charge on any atom is 0.137 e. The monoisotopic (exact) mass is 210 g/mol. The number of ether oxygens (including phenoxy) is 1. The second-order valence-corrected chi connectivity index (χ2v) is 3.88. The van der Waals surface area contributed by atoms with Crippen molar-refractivity contribution in [1.82, 2.24) is 20.5 Å². The van der Waals surface area contributed by atoms with E-state index in [1.54, 1.807) is 6.33 Å². The summed E-state index contributed by atoms with van der Waals surface area (Å²) in [6.07, 6.45) is 5.97. The lowest BCUT2D eigenvalue weighted by molar-refractivity contribution is 0.142. The highest BCUT2D eigenvalue weighted by Gasteiger charge is 2.11. The van der Waals surface area contributed by atoms with E-state index in [2.05, 4.69) is 20.5 Å². The fraction of sp³-hybridized carbons (Fsp3) is 0.800. The maximum atomic E-state index is 5.41. The Hall–Kier alpha value is -0.940. The molecule has 1 atom stereocenters. The minimum absolute atomic E-state index is 0.607. The van der Waals surface area contributed by atoms with Gasteiger partial charge in [0.05, 0.1) is 0 Å². The van der Waals surface area contributed by atoms with Gasteiger partial charge in [0.1, 0.15) is 12.2 Å². The zero-order chi connectivity index (χ0) is 10.3. The average molecular weight is 210 g/mol. The number of aromatic nitrogens is 3. The van der Waals surface area contributed by atoms with Crippen molar-refractivity contribution in [3.63, 3.8) is 0 Å². The fourth-order valence-electron chi connectivity index (χ4n) is 1.85. The molecule has 0 amide bonds. The van der Waals surface area contributed by atoms with Gasteiger partial charge in [0, 0.05) is 32.2 Å². The van der Waals surface area contributed by atoms with Gasteiger partial charge in [0.25, 0.3) is 0 Å². The van der Waals surface area contributed by atoms with Crippen LogP contribution in [0.3, 0.4) is 0 Å². The van der Waals surface area contributed by atoms with Gasteiger partial charge >= 0.3 is 0 Å². The first-order chi connectivity index (χ1) is 7.45. The molecule has 1 aromatic heterocycles. The lowest BCUT2D eigenvalue weighted by Gasteiger charge is -2.14. The summed E-state index contributed by atoms with van der Waals surface area (Å²) >= 11 is 0. The van der Waals surface area contributed by atoms with Crippen molar-refractivity contribution in [2.75, 3.05) is 19.8 Å². The molecule has 1 saturated heterocycles. The van der Waals surface area contributed by atoms with Crippen molar-refractivity contribution in [3.8, 4) is 0 Å². The Kier molecular flexibility index (Phi) is 4.11. The molecule has 2 rings (SSSR count). The normalized spacial score (nSPS) is 22.5. The Morgan fingerprint density at radius 2 is 2.47 bits per heavy atom. The first kappa shape index (κ1) is 10.6. The van der Waals surface area contributed by atoms with Gasteiger partial charge in [-0.3, -0.25) is 5.10 Å². The Balaban J connectivity index is 1.64. The predicted molar refractivity (Wildman–Crippen MR) is 56.5 cm³/mol. The molecule has 0 aliphatic carbocycles. The number of nitrogens with one attached hydrogen (secondary N) is 2. The van der Waals surface area contributed by atoms with E-state index in [1.807, 2.05) is 0 Å². The summed E-state index contributed by atoms with van der Waals surface area (Å²) in [4.78, 5) is 4.09. The summed E-state index contributed by atoms with van der Waals surface area (Å²) in [7, 11) is 0. The molecule has 0 radical (unpaired) electrons. The topological polar surface area (TPSA) is 62.8 Å². The van der Waals surface area contributed by atoms with E-state index in [9.17, 15) is 0 Å². The average Bonchev–Trinajstić information content (AvgIpc) is 2.62. The molecular weight excluding hydrogens is 192 g/mol. The largest absolute Gasteiger partial charge is 0.381 e. The fourth-order valence-corrected chi connectivity index (χ4v) is 1.85. The molecule has 0 bridgehead atoms. The maximum absolute atomic E-state index is 5.41. The number of rotatable bonds is 4. The van der Waals surface area contributed by atoms with Crippen LogP contribution in [0, 0.1) is 0 Å². The van der Waals surface area contributed by atoms with Crippen LogP contribution in [0.25, 0.3) is 0 Å². The number of aromatic amines is 1. The molecule has 84 valence electrons. The van der Waals surface area contributed by atoms with E-state index in [1.165, 1.54) is 12.8 Å². The first-order valence-electron chi connectivity index (χ1n) is 5.60. The molecule has 0 saturated carbocycles. The van der Waals surface area contributed by atoms with Crippen LogP contribution < -0.4 is 5.32 Å². The molecule has 1 fully saturated rings. The third-order valence-corrected chi connectivity index (χ3v) is 2.71. The summed E-state index contributed by atoms with van der Waals surface area (Å²) in [5, 5.41) is 10.2. The summed E-state index contributed by atoms with van der Waals surface area (Å²) in [5.41, 5.74) is 0. The van der Waals surface area contributed by atoms with Crippen LogP contribution in [-0.4, -0.2) is 41.0 Å². The summed E-state index contributed by atoms with van der Waals surface area (Å²) in [6.45, 7) is 2.76. The van der Waals surface area contributed by atoms with E-state index < -0.39 is 0 Å². The number of hydrogen-bond donors (Lipinski definition) is 2. The molecule has 15 heavy (non-hydrogen) atoms. The second-order valence-electron chi connectivity index (χ2n) is 3.88.